The number of amides is 2. The van der Waals surface area contributed by atoms with Gasteiger partial charge in [0.05, 0.1) is 17.7 Å². The number of carbonyl (C=O) groups is 2. The van der Waals surface area contributed by atoms with Gasteiger partial charge in [-0.2, -0.15) is 0 Å². The van der Waals surface area contributed by atoms with Crippen molar-refractivity contribution >= 4 is 27.5 Å². The third-order valence-corrected chi connectivity index (χ3v) is 8.27. The summed E-state index contributed by atoms with van der Waals surface area (Å²) in [6.07, 6.45) is 1.68. The van der Waals surface area contributed by atoms with Gasteiger partial charge < -0.3 is 15.0 Å². The summed E-state index contributed by atoms with van der Waals surface area (Å²) in [6.45, 7) is 5.35. The lowest BCUT2D eigenvalue weighted by Crippen LogP contribution is -2.51. The minimum absolute atomic E-state index is 0.0140. The van der Waals surface area contributed by atoms with Crippen LogP contribution in [-0.4, -0.2) is 51.4 Å². The largest absolute Gasteiger partial charge is 0.497 e. The number of unbranched alkanes of at least 4 members (excludes halogenated alkanes) is 1. The average molecular weight is 570 g/mol. The summed E-state index contributed by atoms with van der Waals surface area (Å²) in [5.74, 6) is -0.903. The zero-order valence-corrected chi connectivity index (χ0v) is 24.1. The Morgan fingerprint density at radius 3 is 2.33 bits per heavy atom. The summed E-state index contributed by atoms with van der Waals surface area (Å²) in [4.78, 5) is 28.2. The summed E-state index contributed by atoms with van der Waals surface area (Å²) in [7, 11) is -2.69. The van der Waals surface area contributed by atoms with Crippen molar-refractivity contribution in [2.45, 2.75) is 51.1 Å². The highest BCUT2D eigenvalue weighted by Gasteiger charge is 2.32. The van der Waals surface area contributed by atoms with Gasteiger partial charge in [-0.15, -0.1) is 0 Å². The Bertz CT molecular complexity index is 1400. The molecule has 3 rings (SSSR count). The fourth-order valence-corrected chi connectivity index (χ4v) is 5.47. The monoisotopic (exact) mass is 569 g/mol. The Kier molecular flexibility index (Phi) is 10.7. The molecule has 0 bridgehead atoms. The van der Waals surface area contributed by atoms with E-state index in [9.17, 15) is 22.4 Å². The standard InChI is InChI=1S/C30H36FN3O5S/c1-5-6-18-32-30(36)23(3)33(20-24-8-7-9-27(19-24)39-4)29(35)21-34(26-14-12-25(31)13-15-26)40(37,38)28-16-10-22(2)11-17-28/h7-17,19,23H,5-6,18,20-21H2,1-4H3,(H,32,36)/t23-/m0/s1. The molecule has 0 aliphatic heterocycles. The van der Waals surface area contributed by atoms with E-state index in [1.807, 2.05) is 13.8 Å². The Hall–Kier alpha value is -3.92. The molecule has 1 N–H and O–H groups in total. The van der Waals surface area contributed by atoms with Gasteiger partial charge in [0.15, 0.2) is 0 Å². The topological polar surface area (TPSA) is 96.0 Å². The molecule has 0 heterocycles. The molecule has 0 aliphatic rings. The van der Waals surface area contributed by atoms with Crippen molar-refractivity contribution in [2.24, 2.45) is 0 Å². The van der Waals surface area contributed by atoms with E-state index < -0.39 is 34.3 Å². The number of hydrogen-bond donors (Lipinski definition) is 1. The number of nitrogens with zero attached hydrogens (tertiary/aromatic N) is 2. The van der Waals surface area contributed by atoms with Crippen molar-refractivity contribution in [3.05, 3.63) is 89.7 Å². The second-order valence-electron chi connectivity index (χ2n) is 9.49. The number of aryl methyl sites for hydroxylation is 1. The van der Waals surface area contributed by atoms with Gasteiger partial charge in [-0.25, -0.2) is 12.8 Å². The lowest BCUT2D eigenvalue weighted by molar-refractivity contribution is -0.139. The molecule has 40 heavy (non-hydrogen) atoms. The van der Waals surface area contributed by atoms with Crippen LogP contribution in [0.3, 0.4) is 0 Å². The van der Waals surface area contributed by atoms with Crippen LogP contribution in [0.2, 0.25) is 0 Å². The van der Waals surface area contributed by atoms with Crippen molar-refractivity contribution < 1.29 is 27.1 Å². The first-order valence-electron chi connectivity index (χ1n) is 13.1. The molecular formula is C30H36FN3O5S. The van der Waals surface area contributed by atoms with E-state index in [0.29, 0.717) is 17.9 Å². The van der Waals surface area contributed by atoms with Crippen LogP contribution in [0.15, 0.2) is 77.7 Å². The van der Waals surface area contributed by atoms with E-state index in [-0.39, 0.29) is 23.0 Å². The quantitative estimate of drug-likeness (QED) is 0.302. The summed E-state index contributed by atoms with van der Waals surface area (Å²) < 4.78 is 47.5. The first-order valence-corrected chi connectivity index (χ1v) is 14.6. The molecule has 0 unspecified atom stereocenters. The number of ether oxygens (including phenoxy) is 1. The van der Waals surface area contributed by atoms with Crippen LogP contribution in [0.25, 0.3) is 0 Å². The van der Waals surface area contributed by atoms with Crippen LogP contribution in [0.5, 0.6) is 5.75 Å². The second kappa shape index (κ2) is 13.9. The molecule has 10 heteroatoms. The Balaban J connectivity index is 2.00. The minimum Gasteiger partial charge on any atom is -0.497 e. The van der Waals surface area contributed by atoms with Crippen molar-refractivity contribution in [1.82, 2.24) is 10.2 Å². The number of anilines is 1. The van der Waals surface area contributed by atoms with Crippen LogP contribution in [0.4, 0.5) is 10.1 Å². The molecule has 0 radical (unpaired) electrons. The highest BCUT2D eigenvalue weighted by atomic mass is 32.2. The molecule has 3 aromatic rings. The fraction of sp³-hybridized carbons (Fsp3) is 0.333. The van der Waals surface area contributed by atoms with Crippen LogP contribution in [0, 0.1) is 12.7 Å². The summed E-state index contributed by atoms with van der Waals surface area (Å²) >= 11 is 0. The normalized spacial score (nSPS) is 11.9. The molecular weight excluding hydrogens is 533 g/mol. The van der Waals surface area contributed by atoms with Gasteiger partial charge in [0, 0.05) is 13.1 Å². The highest BCUT2D eigenvalue weighted by molar-refractivity contribution is 7.92. The van der Waals surface area contributed by atoms with Crippen molar-refractivity contribution in [1.29, 1.82) is 0 Å². The number of carbonyl (C=O) groups excluding carboxylic acids is 2. The molecule has 2 amide bonds. The van der Waals surface area contributed by atoms with Gasteiger partial charge in [-0.05, 0) is 74.4 Å². The predicted octanol–water partition coefficient (Wildman–Crippen LogP) is 4.67. The number of halogens is 1. The first kappa shape index (κ1) is 30.6. The van der Waals surface area contributed by atoms with Crippen LogP contribution in [-0.2, 0) is 26.2 Å². The van der Waals surface area contributed by atoms with Gasteiger partial charge in [0.1, 0.15) is 24.2 Å². The Labute approximate surface area is 235 Å². The van der Waals surface area contributed by atoms with Gasteiger partial charge in [0.2, 0.25) is 11.8 Å². The van der Waals surface area contributed by atoms with Gasteiger partial charge in [0.25, 0.3) is 10.0 Å². The number of hydrogen-bond acceptors (Lipinski definition) is 5. The maximum atomic E-state index is 13.9. The minimum atomic E-state index is -4.22. The van der Waals surface area contributed by atoms with Crippen LogP contribution < -0.4 is 14.4 Å². The Morgan fingerprint density at radius 1 is 1.02 bits per heavy atom. The van der Waals surface area contributed by atoms with Crippen molar-refractivity contribution in [3.8, 4) is 5.75 Å². The van der Waals surface area contributed by atoms with E-state index in [0.717, 1.165) is 34.8 Å². The van der Waals surface area contributed by atoms with Gasteiger partial charge in [-0.3, -0.25) is 13.9 Å². The third-order valence-electron chi connectivity index (χ3n) is 6.49. The van der Waals surface area contributed by atoms with Crippen molar-refractivity contribution in [3.63, 3.8) is 0 Å². The maximum Gasteiger partial charge on any atom is 0.264 e. The van der Waals surface area contributed by atoms with E-state index in [1.54, 1.807) is 43.3 Å². The SMILES string of the molecule is CCCCNC(=O)[C@H](C)N(Cc1cccc(OC)c1)C(=O)CN(c1ccc(F)cc1)S(=O)(=O)c1ccc(C)cc1. The zero-order chi connectivity index (χ0) is 29.3. The molecule has 0 fully saturated rings. The number of rotatable bonds is 13. The molecule has 3 aromatic carbocycles. The van der Waals surface area contributed by atoms with Crippen molar-refractivity contribution in [2.75, 3.05) is 24.5 Å². The van der Waals surface area contributed by atoms with Crippen LogP contribution in [0.1, 0.15) is 37.8 Å². The third kappa shape index (κ3) is 7.81. The molecule has 214 valence electrons. The molecule has 0 spiro atoms. The van der Waals surface area contributed by atoms with Gasteiger partial charge in [-0.1, -0.05) is 43.2 Å². The molecule has 0 saturated carbocycles. The lowest BCUT2D eigenvalue weighted by Gasteiger charge is -2.32. The number of sulfonamides is 1. The van der Waals surface area contributed by atoms with Crippen LogP contribution >= 0.6 is 0 Å². The number of benzene rings is 3. The number of methoxy groups -OCH3 is 1. The molecule has 8 nitrogen and oxygen atoms in total. The predicted molar refractivity (Wildman–Crippen MR) is 153 cm³/mol. The van der Waals surface area contributed by atoms with Gasteiger partial charge >= 0.3 is 0 Å². The smallest absolute Gasteiger partial charge is 0.264 e. The first-order chi connectivity index (χ1) is 19.1. The summed E-state index contributed by atoms with van der Waals surface area (Å²) in [6, 6.07) is 17.3. The molecule has 1 atom stereocenters. The summed E-state index contributed by atoms with van der Waals surface area (Å²) in [5, 5.41) is 2.85. The van der Waals surface area contributed by atoms with E-state index >= 15 is 0 Å². The average Bonchev–Trinajstić information content (AvgIpc) is 2.95. The lowest BCUT2D eigenvalue weighted by atomic mass is 10.1. The fourth-order valence-electron chi connectivity index (χ4n) is 4.06. The highest BCUT2D eigenvalue weighted by Crippen LogP contribution is 2.25. The van der Waals surface area contributed by atoms with E-state index in [4.69, 9.17) is 4.74 Å². The molecule has 0 aliphatic carbocycles. The molecule has 0 aromatic heterocycles. The van der Waals surface area contributed by atoms with E-state index in [1.165, 1.54) is 36.3 Å². The molecule has 0 saturated heterocycles. The second-order valence-corrected chi connectivity index (χ2v) is 11.4. The Morgan fingerprint density at radius 2 is 1.70 bits per heavy atom. The maximum absolute atomic E-state index is 13.9. The number of nitrogens with one attached hydrogen (secondary N) is 1. The van der Waals surface area contributed by atoms with E-state index in [2.05, 4.69) is 5.32 Å². The zero-order valence-electron chi connectivity index (χ0n) is 23.3. The summed E-state index contributed by atoms with van der Waals surface area (Å²) in [5.41, 5.74) is 1.70.